The minimum atomic E-state index is -1.14. The number of carbonyl (C=O) groups excluding carboxylic acids is 2. The summed E-state index contributed by atoms with van der Waals surface area (Å²) in [6.45, 7) is 7.83. The molecular weight excluding hydrogens is 512 g/mol. The van der Waals surface area contributed by atoms with Crippen molar-refractivity contribution in [3.63, 3.8) is 0 Å². The summed E-state index contributed by atoms with van der Waals surface area (Å²) in [4.78, 5) is 37.8. The molecule has 3 aromatic rings. The maximum atomic E-state index is 13.7. The lowest BCUT2D eigenvalue weighted by molar-refractivity contribution is -0.143. The molecule has 2 heterocycles. The minimum Gasteiger partial charge on any atom is -0.454 e. The van der Waals surface area contributed by atoms with Crippen molar-refractivity contribution >= 4 is 40.9 Å². The molecular formula is C27H29ClN4O4S. The first-order valence-electron chi connectivity index (χ1n) is 11.9. The molecule has 1 aliphatic heterocycles. The van der Waals surface area contributed by atoms with Gasteiger partial charge in [-0.3, -0.25) is 9.59 Å². The van der Waals surface area contributed by atoms with E-state index in [1.165, 1.54) is 11.8 Å². The smallest absolute Gasteiger partial charge is 0.250 e. The van der Waals surface area contributed by atoms with Gasteiger partial charge in [-0.2, -0.15) is 0 Å². The van der Waals surface area contributed by atoms with Crippen molar-refractivity contribution in [2.75, 3.05) is 17.9 Å². The highest BCUT2D eigenvalue weighted by Gasteiger charge is 2.41. The van der Waals surface area contributed by atoms with E-state index in [1.54, 1.807) is 42.2 Å². The SMILES string of the molecule is CCC(C)(C(=O)Nc1ccc2c(c1)OCO2)N(Cc1ccc(Cl)cc1)C(=O)CSc1nc(C)cc(C)n1. The number of fused-ring (bicyclic) bond motifs is 1. The minimum absolute atomic E-state index is 0.0867. The second-order valence-electron chi connectivity index (χ2n) is 8.98. The van der Waals surface area contributed by atoms with Gasteiger partial charge in [-0.05, 0) is 63.1 Å². The van der Waals surface area contributed by atoms with Crippen molar-refractivity contribution in [3.05, 3.63) is 70.5 Å². The van der Waals surface area contributed by atoms with Crippen LogP contribution in [0.1, 0.15) is 37.2 Å². The molecule has 1 atom stereocenters. The van der Waals surface area contributed by atoms with Crippen LogP contribution in [0.15, 0.2) is 53.7 Å². The van der Waals surface area contributed by atoms with E-state index in [9.17, 15) is 9.59 Å². The largest absolute Gasteiger partial charge is 0.454 e. The molecule has 0 radical (unpaired) electrons. The van der Waals surface area contributed by atoms with Gasteiger partial charge in [0.1, 0.15) is 5.54 Å². The molecule has 0 bridgehead atoms. The van der Waals surface area contributed by atoms with Gasteiger partial charge >= 0.3 is 0 Å². The zero-order chi connectivity index (χ0) is 26.6. The van der Waals surface area contributed by atoms with Gasteiger partial charge in [-0.15, -0.1) is 0 Å². The van der Waals surface area contributed by atoms with Crippen molar-refractivity contribution < 1.29 is 19.1 Å². The number of carbonyl (C=O) groups is 2. The number of hydrogen-bond donors (Lipinski definition) is 1. The Morgan fingerprint density at radius 3 is 2.41 bits per heavy atom. The maximum Gasteiger partial charge on any atom is 0.250 e. The number of hydrogen-bond acceptors (Lipinski definition) is 7. The molecule has 4 rings (SSSR count). The zero-order valence-electron chi connectivity index (χ0n) is 21.2. The van der Waals surface area contributed by atoms with Crippen molar-refractivity contribution in [2.45, 2.75) is 51.4 Å². The fourth-order valence-electron chi connectivity index (χ4n) is 3.99. The Morgan fingerprint density at radius 2 is 1.73 bits per heavy atom. The predicted octanol–water partition coefficient (Wildman–Crippen LogP) is 5.40. The lowest BCUT2D eigenvalue weighted by atomic mass is 9.93. The van der Waals surface area contributed by atoms with Gasteiger partial charge in [0.15, 0.2) is 16.7 Å². The number of ether oxygens (including phenoxy) is 2. The number of nitrogens with zero attached hydrogens (tertiary/aromatic N) is 3. The summed E-state index contributed by atoms with van der Waals surface area (Å²) < 4.78 is 10.8. The molecule has 1 N–H and O–H groups in total. The molecule has 194 valence electrons. The molecule has 0 saturated carbocycles. The number of aryl methyl sites for hydroxylation is 2. The van der Waals surface area contributed by atoms with E-state index in [2.05, 4.69) is 15.3 Å². The van der Waals surface area contributed by atoms with Gasteiger partial charge in [0.05, 0.1) is 5.75 Å². The number of aromatic nitrogens is 2. The van der Waals surface area contributed by atoms with E-state index in [0.717, 1.165) is 17.0 Å². The molecule has 37 heavy (non-hydrogen) atoms. The topological polar surface area (TPSA) is 93.7 Å². The Hall–Kier alpha value is -3.30. The molecule has 0 aliphatic carbocycles. The van der Waals surface area contributed by atoms with Crippen LogP contribution in [0.3, 0.4) is 0 Å². The van der Waals surface area contributed by atoms with Crippen LogP contribution in [-0.2, 0) is 16.1 Å². The molecule has 0 fully saturated rings. The molecule has 0 saturated heterocycles. The Balaban J connectivity index is 1.59. The van der Waals surface area contributed by atoms with Crippen molar-refractivity contribution in [1.82, 2.24) is 14.9 Å². The second kappa shape index (κ2) is 11.4. The number of halogens is 1. The van der Waals surface area contributed by atoms with Crippen molar-refractivity contribution in [3.8, 4) is 11.5 Å². The lowest BCUT2D eigenvalue weighted by Gasteiger charge is -2.39. The van der Waals surface area contributed by atoms with Crippen LogP contribution in [0.5, 0.6) is 11.5 Å². The van der Waals surface area contributed by atoms with Crippen molar-refractivity contribution in [2.24, 2.45) is 0 Å². The van der Waals surface area contributed by atoms with Crippen LogP contribution in [-0.4, -0.2) is 44.8 Å². The molecule has 2 amide bonds. The number of amides is 2. The van der Waals surface area contributed by atoms with E-state index in [-0.39, 0.29) is 30.9 Å². The number of anilines is 1. The monoisotopic (exact) mass is 540 g/mol. The molecule has 8 nitrogen and oxygen atoms in total. The number of nitrogens with one attached hydrogen (secondary N) is 1. The highest BCUT2D eigenvalue weighted by Crippen LogP contribution is 2.35. The molecule has 1 aliphatic rings. The Morgan fingerprint density at radius 1 is 1.05 bits per heavy atom. The Labute approximate surface area is 225 Å². The fraction of sp³-hybridized carbons (Fsp3) is 0.333. The summed E-state index contributed by atoms with van der Waals surface area (Å²) in [6.07, 6.45) is 0.396. The van der Waals surface area contributed by atoms with Crippen LogP contribution in [0.25, 0.3) is 0 Å². The van der Waals surface area contributed by atoms with E-state index >= 15 is 0 Å². The molecule has 2 aromatic carbocycles. The molecule has 1 unspecified atom stereocenters. The van der Waals surface area contributed by atoms with Gasteiger partial charge < -0.3 is 19.7 Å². The zero-order valence-corrected chi connectivity index (χ0v) is 22.8. The molecule has 10 heteroatoms. The quantitative estimate of drug-likeness (QED) is 0.287. The molecule has 1 aromatic heterocycles. The van der Waals surface area contributed by atoms with Gasteiger partial charge in [0, 0.05) is 34.7 Å². The van der Waals surface area contributed by atoms with Crippen LogP contribution < -0.4 is 14.8 Å². The highest BCUT2D eigenvalue weighted by atomic mass is 35.5. The van der Waals surface area contributed by atoms with E-state index < -0.39 is 5.54 Å². The van der Waals surface area contributed by atoms with Crippen LogP contribution in [0, 0.1) is 13.8 Å². The third-order valence-electron chi connectivity index (χ3n) is 6.25. The van der Waals surface area contributed by atoms with Gasteiger partial charge in [0.2, 0.25) is 18.6 Å². The highest BCUT2D eigenvalue weighted by molar-refractivity contribution is 7.99. The average Bonchev–Trinajstić information content (AvgIpc) is 3.34. The van der Waals surface area contributed by atoms with Gasteiger partial charge in [-0.25, -0.2) is 9.97 Å². The first-order valence-corrected chi connectivity index (χ1v) is 13.3. The van der Waals surface area contributed by atoms with E-state index in [4.69, 9.17) is 21.1 Å². The fourth-order valence-corrected chi connectivity index (χ4v) is 4.94. The van der Waals surface area contributed by atoms with Crippen LogP contribution in [0.2, 0.25) is 5.02 Å². The second-order valence-corrected chi connectivity index (χ2v) is 10.4. The third kappa shape index (κ3) is 6.34. The Bertz CT molecular complexity index is 1280. The van der Waals surface area contributed by atoms with Gasteiger partial charge in [0.25, 0.3) is 0 Å². The van der Waals surface area contributed by atoms with E-state index in [1.807, 2.05) is 39.0 Å². The van der Waals surface area contributed by atoms with Crippen LogP contribution in [0.4, 0.5) is 5.69 Å². The summed E-state index contributed by atoms with van der Waals surface area (Å²) in [5.41, 5.74) is 1.95. The normalized spacial score (nSPS) is 13.6. The first-order chi connectivity index (χ1) is 17.7. The van der Waals surface area contributed by atoms with Crippen LogP contribution >= 0.6 is 23.4 Å². The summed E-state index contributed by atoms with van der Waals surface area (Å²) in [6, 6.07) is 14.4. The summed E-state index contributed by atoms with van der Waals surface area (Å²) in [5, 5.41) is 4.09. The third-order valence-corrected chi connectivity index (χ3v) is 7.33. The predicted molar refractivity (Wildman–Crippen MR) is 144 cm³/mol. The lowest BCUT2D eigenvalue weighted by Crippen LogP contribution is -2.57. The summed E-state index contributed by atoms with van der Waals surface area (Å²) in [5.74, 6) is 0.775. The van der Waals surface area contributed by atoms with Crippen molar-refractivity contribution in [1.29, 1.82) is 0 Å². The number of thioether (sulfide) groups is 1. The number of benzene rings is 2. The maximum absolute atomic E-state index is 13.7. The molecule has 0 spiro atoms. The first kappa shape index (κ1) is 26.8. The standard InChI is InChI=1S/C27H29ClN4O4S/c1-5-27(4,25(34)31-21-10-11-22-23(13-21)36-16-35-22)32(14-19-6-8-20(28)9-7-19)24(33)15-37-26-29-17(2)12-18(3)30-26/h6-13H,5,14-16H2,1-4H3,(H,31,34). The van der Waals surface area contributed by atoms with E-state index in [0.29, 0.717) is 33.8 Å². The summed E-state index contributed by atoms with van der Waals surface area (Å²) in [7, 11) is 0. The van der Waals surface area contributed by atoms with Gasteiger partial charge in [-0.1, -0.05) is 42.4 Å². The summed E-state index contributed by atoms with van der Waals surface area (Å²) >= 11 is 7.33. The number of rotatable bonds is 9. The Kier molecular flexibility index (Phi) is 8.24. The average molecular weight is 541 g/mol.